The molecule has 0 bridgehead atoms. The maximum absolute atomic E-state index is 12.3. The van der Waals surface area contributed by atoms with Crippen LogP contribution in [0.3, 0.4) is 0 Å². The topological polar surface area (TPSA) is 0 Å². The van der Waals surface area contributed by atoms with E-state index in [9.17, 15) is 35.1 Å². The first-order valence-electron chi connectivity index (χ1n) is 47.6. The molecule has 0 amide bonds. The molecule has 0 atom stereocenters. The van der Waals surface area contributed by atoms with Crippen molar-refractivity contribution in [3.05, 3.63) is 84.4 Å². The summed E-state index contributed by atoms with van der Waals surface area (Å²) in [6.45, 7) is 109. The highest BCUT2D eigenvalue weighted by atomic mass is 32.2. The molecule has 4 rings (SSSR count). The Morgan fingerprint density at radius 3 is 0.862 bits per heavy atom. The second-order valence-electron chi connectivity index (χ2n) is 53.1. The molecule has 2 aromatic rings. The smallest absolute Gasteiger partial charge is 0.211 e. The predicted octanol–water partition coefficient (Wildman–Crippen LogP) is 42.5. The SMILES string of the molecule is C#CCC(C)(C)C.C=CCC(C)(C)C.CC(C)(C)CC(C)(F)F.CC(C)(C)CC(F)F.CC(C)(C)CC1CC1.CC(C)(C)CC1CCC1.CC(C)(C)CCC(C)(F)F.CC(C)(C)CCC(F)F.CC(C)(C)CCc1ccccc1.CC(C)(C)CS.CC(C)(C)c1ccccc1.CCC(C)(C)C.CCCC(C)(C)C.CCCCC(C)(C)C.CSCC(C)(C)C. The van der Waals surface area contributed by atoms with Crippen molar-refractivity contribution in [2.24, 2.45) is 87.6 Å². The average Bonchev–Trinajstić information content (AvgIpc) is 1.87. The van der Waals surface area contributed by atoms with Crippen LogP contribution in [0, 0.1) is 100.0 Å². The van der Waals surface area contributed by atoms with Crippen LogP contribution in [0.15, 0.2) is 73.3 Å². The van der Waals surface area contributed by atoms with Crippen LogP contribution in [0.5, 0.6) is 0 Å². The van der Waals surface area contributed by atoms with Gasteiger partial charge in [-0.2, -0.15) is 24.4 Å². The summed E-state index contributed by atoms with van der Waals surface area (Å²) in [6.07, 6.45) is 28.8. The molecule has 0 unspecified atom stereocenters. The van der Waals surface area contributed by atoms with E-state index in [1.54, 1.807) is 20.8 Å². The number of halogens is 8. The summed E-state index contributed by atoms with van der Waals surface area (Å²) < 4.78 is 95.1. The maximum Gasteiger partial charge on any atom is 0.245 e. The maximum atomic E-state index is 12.3. The Bertz CT molecular complexity index is 2560. The fourth-order valence-electron chi connectivity index (χ4n) is 10.0. The highest BCUT2D eigenvalue weighted by Gasteiger charge is 2.30. The molecule has 2 fully saturated rings. The summed E-state index contributed by atoms with van der Waals surface area (Å²) in [5.41, 5.74) is 7.65. The minimum Gasteiger partial charge on any atom is -0.211 e. The van der Waals surface area contributed by atoms with Gasteiger partial charge < -0.3 is 0 Å². The molecule has 2 saturated carbocycles. The molecule has 742 valence electrons. The third-order valence-electron chi connectivity index (χ3n) is 17.2. The van der Waals surface area contributed by atoms with Crippen molar-refractivity contribution in [2.45, 2.75) is 524 Å². The molecule has 0 heterocycles. The van der Waals surface area contributed by atoms with E-state index >= 15 is 0 Å². The van der Waals surface area contributed by atoms with Crippen LogP contribution in [0.4, 0.5) is 35.1 Å². The molecular weight excluding hydrogens is 1570 g/mol. The Balaban J connectivity index is -0.000000122. The third kappa shape index (κ3) is 181. The molecule has 0 aromatic heterocycles. The highest BCUT2D eigenvalue weighted by Crippen LogP contribution is 2.40. The van der Waals surface area contributed by atoms with Gasteiger partial charge in [0, 0.05) is 32.1 Å². The number of thiol groups is 1. The van der Waals surface area contributed by atoms with E-state index in [2.05, 4.69) is 341 Å². The minimum absolute atomic E-state index is 0.00347. The van der Waals surface area contributed by atoms with Gasteiger partial charge in [0.05, 0.1) is 0 Å². The van der Waals surface area contributed by atoms with Crippen LogP contribution >= 0.6 is 24.4 Å². The van der Waals surface area contributed by atoms with E-state index < -0.39 is 24.7 Å². The van der Waals surface area contributed by atoms with Gasteiger partial charge in [0.25, 0.3) is 0 Å². The zero-order valence-corrected chi connectivity index (χ0v) is 94.2. The summed E-state index contributed by atoms with van der Waals surface area (Å²) in [6, 6.07) is 21.2. The van der Waals surface area contributed by atoms with E-state index in [-0.39, 0.29) is 47.3 Å². The number of benzene rings is 2. The Hall–Kier alpha value is -2.12. The van der Waals surface area contributed by atoms with Gasteiger partial charge in [0.15, 0.2) is 0 Å². The third-order valence-corrected chi connectivity index (χ3v) is 19.3. The number of rotatable bonds is 15. The number of hydrogen-bond acceptors (Lipinski definition) is 2. The van der Waals surface area contributed by atoms with E-state index in [1.807, 2.05) is 80.2 Å². The van der Waals surface area contributed by atoms with Crippen molar-refractivity contribution in [1.29, 1.82) is 0 Å². The zero-order chi connectivity index (χ0) is 101. The van der Waals surface area contributed by atoms with Crippen molar-refractivity contribution >= 4 is 24.4 Å². The Labute approximate surface area is 780 Å². The number of hydrogen-bond donors (Lipinski definition) is 1. The number of thioether (sulfide) groups is 1. The predicted molar refractivity (Wildman–Crippen MR) is 558 cm³/mol. The van der Waals surface area contributed by atoms with Crippen molar-refractivity contribution in [2.75, 3.05) is 17.8 Å². The second kappa shape index (κ2) is 69.7. The van der Waals surface area contributed by atoms with Gasteiger partial charge in [-0.05, 0) is 194 Å². The standard InChI is InChI=1S/C12H18.C10H14.C9H18.C8H16F2.C8H16.C8H18.2C7H14F2.C7H16.C7H14.C7H12.C6H12F2.C6H14S.C6H14.C5H12S/c1-12(2,3)10-9-11-7-5-4-6-8-11;1-10(2,3)9-7-5-4-6-8-9;1-9(2,3)7-8-5-4-6-8;1-7(2,3)5-6-8(4,9)10;1-8(2,3)6-7-4-5-7;1-5-6-7-8(2,3)4;1-6(2,3)5-7(4,8)9;1-7(2,3)5-4-6(8)9;3*1-5-6-7(2,3)4;1-6(2,3)4-5(7)8;1-6(2,3)5-7-4;1-5-6(2,3)4;1-5(2,3)4-6/h4-8H,9-10H2,1-3H3;4-8H,1-3H3;8H,4-7H2,1-3H3;5-6H2,1-4H3;7H,4-6H2,1-3H3;5-7H2,1-4H3;5H2,1-4H3;6H,4-5H2,1-3H3;5-6H2,1-4H3;5H,1,6H2,2-4H3;1H,6H2,2-4H3;5H,4H2,1-3H3;5H2,1-4H3;5H2,1-4H3;6H,4H2,1-3H3. The van der Waals surface area contributed by atoms with Gasteiger partial charge in [-0.15, -0.1) is 18.9 Å². The first-order chi connectivity index (χ1) is 54.0. The molecule has 2 aromatic carbocycles. The Morgan fingerprint density at radius 1 is 0.407 bits per heavy atom. The molecule has 0 radical (unpaired) electrons. The summed E-state index contributed by atoms with van der Waals surface area (Å²) >= 11 is 6.01. The van der Waals surface area contributed by atoms with Crippen LogP contribution in [0.25, 0.3) is 0 Å². The lowest BCUT2D eigenvalue weighted by molar-refractivity contribution is -0.0169. The number of allylic oxidation sites excluding steroid dienone is 1. The number of alkyl halides is 8. The van der Waals surface area contributed by atoms with Crippen molar-refractivity contribution in [1.82, 2.24) is 0 Å². The summed E-state index contributed by atoms with van der Waals surface area (Å²) in [7, 11) is 0. The van der Waals surface area contributed by atoms with Crippen LogP contribution in [0.2, 0.25) is 0 Å². The van der Waals surface area contributed by atoms with Crippen molar-refractivity contribution in [3.63, 3.8) is 0 Å². The van der Waals surface area contributed by atoms with Gasteiger partial charge >= 0.3 is 0 Å². The summed E-state index contributed by atoms with van der Waals surface area (Å²) in [5, 5.41) is 0. The Morgan fingerprint density at radius 2 is 0.764 bits per heavy atom. The van der Waals surface area contributed by atoms with Gasteiger partial charge in [-0.25, -0.2) is 35.1 Å². The van der Waals surface area contributed by atoms with Crippen LogP contribution in [-0.2, 0) is 11.8 Å². The Kier molecular flexibility index (Phi) is 81.6. The molecule has 0 saturated heterocycles. The first kappa shape index (κ1) is 144. The summed E-state index contributed by atoms with van der Waals surface area (Å²) in [5.74, 6) is 1.99. The molecule has 0 spiro atoms. The molecule has 10 heteroatoms. The van der Waals surface area contributed by atoms with E-state index in [1.165, 1.54) is 113 Å². The van der Waals surface area contributed by atoms with Gasteiger partial charge in [-0.1, -0.05) is 457 Å². The molecule has 0 aliphatic heterocycles. The molecule has 2 aliphatic carbocycles. The van der Waals surface area contributed by atoms with Crippen LogP contribution < -0.4 is 0 Å². The lowest BCUT2D eigenvalue weighted by Gasteiger charge is -2.31. The molecule has 123 heavy (non-hydrogen) atoms. The highest BCUT2D eigenvalue weighted by molar-refractivity contribution is 7.98. The van der Waals surface area contributed by atoms with Crippen LogP contribution in [-0.4, -0.2) is 42.5 Å². The van der Waals surface area contributed by atoms with E-state index in [0.717, 1.165) is 44.3 Å². The lowest BCUT2D eigenvalue weighted by atomic mass is 9.74. The summed E-state index contributed by atoms with van der Waals surface area (Å²) in [4.78, 5) is 0. The number of unbranched alkanes of at least 4 members (excludes halogenated alkanes) is 1. The fraction of sp³-hybridized carbons (Fsp3) is 0.858. The average molecular weight is 1800 g/mol. The largest absolute Gasteiger partial charge is 0.245 e. The number of terminal acetylenes is 1. The van der Waals surface area contributed by atoms with E-state index in [4.69, 9.17) is 6.42 Å². The first-order valence-corrected chi connectivity index (χ1v) is 49.6. The van der Waals surface area contributed by atoms with Gasteiger partial charge in [0.2, 0.25) is 24.7 Å². The molecule has 0 N–H and O–H groups in total. The van der Waals surface area contributed by atoms with Gasteiger partial charge in [0.1, 0.15) is 0 Å². The zero-order valence-electron chi connectivity index (χ0n) is 92.5. The minimum atomic E-state index is -2.52. The molecule has 0 nitrogen and oxygen atoms in total. The quantitative estimate of drug-likeness (QED) is 0.0803. The molecule has 2 aliphatic rings. The molecular formula is C113H222F8S2. The van der Waals surface area contributed by atoms with Crippen molar-refractivity contribution in [3.8, 4) is 12.3 Å². The van der Waals surface area contributed by atoms with Crippen LogP contribution in [0.1, 0.15) is 499 Å². The number of aryl methyl sites for hydroxylation is 1. The normalized spacial score (nSPS) is 13.5. The monoisotopic (exact) mass is 1800 g/mol. The second-order valence-corrected chi connectivity index (χ2v) is 54.3. The van der Waals surface area contributed by atoms with Crippen molar-refractivity contribution < 1.29 is 35.1 Å². The van der Waals surface area contributed by atoms with E-state index in [0.29, 0.717) is 72.4 Å². The lowest BCUT2D eigenvalue weighted by Crippen LogP contribution is -2.20. The van der Waals surface area contributed by atoms with Gasteiger partial charge in [-0.3, -0.25) is 0 Å². The fourth-order valence-corrected chi connectivity index (χ4v) is 10.9.